The van der Waals surface area contributed by atoms with Crippen LogP contribution in [0.5, 0.6) is 0 Å². The Hall–Kier alpha value is -2.22. The highest BCUT2D eigenvalue weighted by atomic mass is 16.3. The van der Waals surface area contributed by atoms with Crippen molar-refractivity contribution in [2.45, 2.75) is 27.0 Å². The largest absolute Gasteiger partial charge is 0.390 e. The van der Waals surface area contributed by atoms with E-state index in [2.05, 4.69) is 20.7 Å². The van der Waals surface area contributed by atoms with Gasteiger partial charge in [0.05, 0.1) is 29.9 Å². The van der Waals surface area contributed by atoms with Crippen molar-refractivity contribution >= 4 is 11.6 Å². The van der Waals surface area contributed by atoms with Gasteiger partial charge in [-0.2, -0.15) is 5.10 Å². The number of aliphatic hydroxyl groups is 1. The Morgan fingerprint density at radius 3 is 2.74 bits per heavy atom. The van der Waals surface area contributed by atoms with Gasteiger partial charge in [-0.15, -0.1) is 5.10 Å². The smallest absolute Gasteiger partial charge is 0.246 e. The van der Waals surface area contributed by atoms with Crippen molar-refractivity contribution < 1.29 is 9.90 Å². The van der Waals surface area contributed by atoms with E-state index < -0.39 is 0 Å². The normalized spacial score (nSPS) is 10.7. The lowest BCUT2D eigenvalue weighted by atomic mass is 10.3. The number of hydrogen-bond donors (Lipinski definition) is 2. The Bertz CT molecular complexity index is 600. The van der Waals surface area contributed by atoms with Gasteiger partial charge in [0.1, 0.15) is 12.2 Å². The Kier molecular flexibility index (Phi) is 3.61. The summed E-state index contributed by atoms with van der Waals surface area (Å²) in [4.78, 5) is 11.9. The van der Waals surface area contributed by atoms with Gasteiger partial charge in [-0.25, -0.2) is 4.68 Å². The van der Waals surface area contributed by atoms with Crippen LogP contribution in [0.25, 0.3) is 0 Å². The number of rotatable bonds is 4. The number of carbonyl (C=O) groups is 1. The second-order valence-corrected chi connectivity index (χ2v) is 4.28. The first kappa shape index (κ1) is 13.2. The molecule has 0 aromatic carbocycles. The van der Waals surface area contributed by atoms with Crippen LogP contribution in [0.2, 0.25) is 0 Å². The fraction of sp³-hybridized carbons (Fsp3) is 0.455. The van der Waals surface area contributed by atoms with E-state index in [0.717, 1.165) is 17.1 Å². The van der Waals surface area contributed by atoms with Gasteiger partial charge in [0, 0.05) is 7.05 Å². The number of aryl methyl sites for hydroxylation is 2. The molecule has 2 heterocycles. The highest BCUT2D eigenvalue weighted by Gasteiger charge is 2.13. The number of nitrogens with zero attached hydrogens (tertiary/aromatic N) is 5. The Balaban J connectivity index is 2.05. The van der Waals surface area contributed by atoms with Crippen LogP contribution in [-0.4, -0.2) is 35.8 Å². The molecule has 1 amide bonds. The first-order chi connectivity index (χ1) is 9.01. The van der Waals surface area contributed by atoms with Crippen LogP contribution < -0.4 is 5.32 Å². The predicted octanol–water partition coefficient (Wildman–Crippen LogP) is -0.241. The van der Waals surface area contributed by atoms with Crippen molar-refractivity contribution in [3.63, 3.8) is 0 Å². The van der Waals surface area contributed by atoms with E-state index in [-0.39, 0.29) is 19.1 Å². The number of amides is 1. The molecule has 0 unspecified atom stereocenters. The number of carbonyl (C=O) groups excluding carboxylic acids is 1. The standard InChI is InChI=1S/C11H16N6O2/c1-7-11(8(2)16(3)14-7)12-10(19)5-17-4-9(6-18)13-15-17/h4,18H,5-6H2,1-3H3,(H,12,19). The zero-order chi connectivity index (χ0) is 14.0. The monoisotopic (exact) mass is 264 g/mol. The predicted molar refractivity (Wildman–Crippen MR) is 67.3 cm³/mol. The molecule has 0 atom stereocenters. The van der Waals surface area contributed by atoms with Crippen molar-refractivity contribution in [3.8, 4) is 0 Å². The minimum absolute atomic E-state index is 0.0424. The number of aromatic nitrogens is 5. The molecule has 0 aliphatic rings. The van der Waals surface area contributed by atoms with E-state index in [0.29, 0.717) is 5.69 Å². The summed E-state index contributed by atoms with van der Waals surface area (Å²) in [5, 5.41) is 23.3. The molecule has 2 rings (SSSR count). The maximum absolute atomic E-state index is 11.9. The lowest BCUT2D eigenvalue weighted by Crippen LogP contribution is -2.20. The van der Waals surface area contributed by atoms with Crippen LogP contribution in [0.4, 0.5) is 5.69 Å². The third-order valence-electron chi connectivity index (χ3n) is 2.83. The van der Waals surface area contributed by atoms with Gasteiger partial charge >= 0.3 is 0 Å². The molecule has 0 fully saturated rings. The average molecular weight is 264 g/mol. The number of nitrogens with one attached hydrogen (secondary N) is 1. The Labute approximate surface area is 110 Å². The number of aliphatic hydroxyl groups excluding tert-OH is 1. The van der Waals surface area contributed by atoms with Crippen LogP contribution >= 0.6 is 0 Å². The van der Waals surface area contributed by atoms with Crippen molar-refractivity contribution in [2.24, 2.45) is 7.05 Å². The van der Waals surface area contributed by atoms with E-state index in [1.807, 2.05) is 20.9 Å². The fourth-order valence-corrected chi connectivity index (χ4v) is 1.77. The van der Waals surface area contributed by atoms with E-state index in [1.54, 1.807) is 4.68 Å². The highest BCUT2D eigenvalue weighted by Crippen LogP contribution is 2.18. The van der Waals surface area contributed by atoms with Gasteiger partial charge in [0.2, 0.25) is 5.91 Å². The summed E-state index contributed by atoms with van der Waals surface area (Å²) in [5.41, 5.74) is 2.81. The molecule has 0 saturated heterocycles. The van der Waals surface area contributed by atoms with Crippen LogP contribution in [0, 0.1) is 13.8 Å². The number of anilines is 1. The molecule has 8 nitrogen and oxygen atoms in total. The van der Waals surface area contributed by atoms with Crippen LogP contribution in [-0.2, 0) is 25.0 Å². The first-order valence-electron chi connectivity index (χ1n) is 5.81. The molecular formula is C11H16N6O2. The third kappa shape index (κ3) is 2.79. The molecule has 102 valence electrons. The summed E-state index contributed by atoms with van der Waals surface area (Å²) < 4.78 is 3.09. The highest BCUT2D eigenvalue weighted by molar-refractivity contribution is 5.91. The van der Waals surface area contributed by atoms with Crippen LogP contribution in [0.15, 0.2) is 6.20 Å². The molecule has 0 aliphatic heterocycles. The van der Waals surface area contributed by atoms with Gasteiger partial charge in [-0.3, -0.25) is 9.48 Å². The minimum Gasteiger partial charge on any atom is -0.390 e. The van der Waals surface area contributed by atoms with Crippen LogP contribution in [0.1, 0.15) is 17.1 Å². The lowest BCUT2D eigenvalue weighted by molar-refractivity contribution is -0.116. The third-order valence-corrected chi connectivity index (χ3v) is 2.83. The summed E-state index contributed by atoms with van der Waals surface area (Å²) >= 11 is 0. The van der Waals surface area contributed by atoms with Gasteiger partial charge < -0.3 is 10.4 Å². The first-order valence-corrected chi connectivity index (χ1v) is 5.81. The maximum Gasteiger partial charge on any atom is 0.246 e. The Morgan fingerprint density at radius 1 is 1.47 bits per heavy atom. The molecule has 0 saturated carbocycles. The van der Waals surface area contributed by atoms with E-state index in [4.69, 9.17) is 5.11 Å². The molecule has 2 aromatic rings. The molecular weight excluding hydrogens is 248 g/mol. The molecule has 0 bridgehead atoms. The topological polar surface area (TPSA) is 97.9 Å². The number of hydrogen-bond acceptors (Lipinski definition) is 5. The van der Waals surface area contributed by atoms with Crippen molar-refractivity contribution in [2.75, 3.05) is 5.32 Å². The summed E-state index contributed by atoms with van der Waals surface area (Å²) in [6, 6.07) is 0. The van der Waals surface area contributed by atoms with Gasteiger partial charge in [-0.1, -0.05) is 5.21 Å². The molecule has 2 N–H and O–H groups in total. The van der Waals surface area contributed by atoms with E-state index >= 15 is 0 Å². The molecule has 19 heavy (non-hydrogen) atoms. The second kappa shape index (κ2) is 5.19. The molecule has 2 aromatic heterocycles. The van der Waals surface area contributed by atoms with Gasteiger partial charge in [-0.05, 0) is 13.8 Å². The summed E-state index contributed by atoms with van der Waals surface area (Å²) in [6.07, 6.45) is 1.53. The van der Waals surface area contributed by atoms with Crippen molar-refractivity contribution in [3.05, 3.63) is 23.3 Å². The minimum atomic E-state index is -0.214. The summed E-state index contributed by atoms with van der Waals surface area (Å²) in [7, 11) is 1.82. The van der Waals surface area contributed by atoms with Gasteiger partial charge in [0.25, 0.3) is 0 Å². The Morgan fingerprint density at radius 2 is 2.21 bits per heavy atom. The zero-order valence-corrected chi connectivity index (χ0v) is 11.1. The zero-order valence-electron chi connectivity index (χ0n) is 11.1. The maximum atomic E-state index is 11.9. The van der Waals surface area contributed by atoms with Crippen LogP contribution in [0.3, 0.4) is 0 Å². The van der Waals surface area contributed by atoms with Crippen molar-refractivity contribution in [1.82, 2.24) is 24.8 Å². The lowest BCUT2D eigenvalue weighted by Gasteiger charge is -2.05. The fourth-order valence-electron chi connectivity index (χ4n) is 1.77. The molecule has 0 aliphatic carbocycles. The summed E-state index contributed by atoms with van der Waals surface area (Å²) in [5.74, 6) is -0.214. The molecule has 0 radical (unpaired) electrons. The molecule has 8 heteroatoms. The SMILES string of the molecule is Cc1nn(C)c(C)c1NC(=O)Cn1cc(CO)nn1. The summed E-state index contributed by atoms with van der Waals surface area (Å²) in [6.45, 7) is 3.57. The van der Waals surface area contributed by atoms with E-state index in [1.165, 1.54) is 10.9 Å². The quantitative estimate of drug-likeness (QED) is 0.794. The second-order valence-electron chi connectivity index (χ2n) is 4.28. The van der Waals surface area contributed by atoms with Crippen molar-refractivity contribution in [1.29, 1.82) is 0 Å². The average Bonchev–Trinajstić information content (AvgIpc) is 2.90. The molecule has 0 spiro atoms. The van der Waals surface area contributed by atoms with Gasteiger partial charge in [0.15, 0.2) is 0 Å². The van der Waals surface area contributed by atoms with E-state index in [9.17, 15) is 4.79 Å².